The van der Waals surface area contributed by atoms with Gasteiger partial charge < -0.3 is 20.4 Å². The fourth-order valence-corrected chi connectivity index (χ4v) is 0.855. The van der Waals surface area contributed by atoms with Gasteiger partial charge in [0.15, 0.2) is 0 Å². The van der Waals surface area contributed by atoms with Crippen LogP contribution in [0.5, 0.6) is 0 Å². The van der Waals surface area contributed by atoms with Crippen LogP contribution in [0, 0.1) is 0 Å². The molecule has 0 saturated heterocycles. The molecule has 8 nitrogen and oxygen atoms in total. The van der Waals surface area contributed by atoms with Crippen LogP contribution in [0.4, 0.5) is 0 Å². The van der Waals surface area contributed by atoms with Crippen LogP contribution in [0.15, 0.2) is 0 Å². The maximum Gasteiger partial charge on any atom is 0.303 e. The Hall–Kier alpha value is -0.873. The molecular weight excluding hydrogens is 522 g/mol. The van der Waals surface area contributed by atoms with Crippen molar-refractivity contribution in [1.29, 1.82) is 0 Å². The number of aliphatic carboxylic acids is 4. The first-order valence-corrected chi connectivity index (χ1v) is 7.95. The van der Waals surface area contributed by atoms with E-state index >= 15 is 0 Å². The summed E-state index contributed by atoms with van der Waals surface area (Å²) >= 11 is 0. The van der Waals surface area contributed by atoms with E-state index in [1.807, 2.05) is 27.7 Å². The first-order valence-electron chi connectivity index (χ1n) is 7.95. The van der Waals surface area contributed by atoms with Crippen molar-refractivity contribution in [1.82, 2.24) is 0 Å². The molecule has 0 saturated carbocycles. The van der Waals surface area contributed by atoms with Crippen LogP contribution in [0.3, 0.4) is 0 Å². The van der Waals surface area contributed by atoms with Crippen LogP contribution in [-0.4, -0.2) is 44.3 Å². The van der Waals surface area contributed by atoms with Gasteiger partial charge in [0.25, 0.3) is 0 Å². The molecule has 0 aromatic rings. The summed E-state index contributed by atoms with van der Waals surface area (Å²) in [5.74, 6) is -2.84. The fraction of sp³-hybridized carbons (Fsp3) is 0.750. The first-order chi connectivity index (χ1) is 11.1. The largest absolute Gasteiger partial charge is 0.481 e. The molecule has 0 amide bonds. The van der Waals surface area contributed by atoms with Crippen molar-refractivity contribution in [3.8, 4) is 0 Å². The van der Waals surface area contributed by atoms with Gasteiger partial charge in [-0.3, -0.25) is 19.2 Å². The smallest absolute Gasteiger partial charge is 0.303 e. The second-order valence-electron chi connectivity index (χ2n) is 4.57. The Morgan fingerprint density at radius 3 is 0.577 bits per heavy atom. The summed E-state index contributed by atoms with van der Waals surface area (Å²) in [6, 6.07) is 0. The molecule has 0 aliphatic carbocycles. The molecule has 0 bridgehead atoms. The van der Waals surface area contributed by atoms with E-state index in [1.165, 1.54) is 0 Å². The van der Waals surface area contributed by atoms with Gasteiger partial charge in [0.2, 0.25) is 0 Å². The monoisotopic (exact) mass is 556 g/mol. The molecule has 160 valence electrons. The Balaban J connectivity index is -0.0000000500. The Bertz CT molecular complexity index is 272. The molecule has 0 heterocycles. The molecule has 4 N–H and O–H groups in total. The van der Waals surface area contributed by atoms with Crippen molar-refractivity contribution in [2.75, 3.05) is 0 Å². The molecule has 0 unspecified atom stereocenters. The average molecular weight is 555 g/mol. The predicted octanol–water partition coefficient (Wildman–Crippen LogP) is 3.48. The van der Waals surface area contributed by atoms with Crippen molar-refractivity contribution >= 4 is 23.9 Å². The van der Waals surface area contributed by atoms with Crippen molar-refractivity contribution < 1.29 is 78.6 Å². The van der Waals surface area contributed by atoms with Crippen LogP contribution < -0.4 is 0 Å². The molecule has 10 heteroatoms. The quantitative estimate of drug-likeness (QED) is 0.333. The van der Waals surface area contributed by atoms with Crippen LogP contribution >= 0.6 is 0 Å². The van der Waals surface area contributed by atoms with Crippen molar-refractivity contribution in [2.24, 2.45) is 0 Å². The van der Waals surface area contributed by atoms with Crippen LogP contribution in [0.2, 0.25) is 0 Å². The minimum absolute atomic E-state index is 0. The Kier molecular flexibility index (Phi) is 54.2. The van der Waals surface area contributed by atoms with Crippen LogP contribution in [0.1, 0.15) is 79.1 Å². The van der Waals surface area contributed by atoms with E-state index in [0.29, 0.717) is 25.7 Å². The molecule has 26 heavy (non-hydrogen) atoms. The van der Waals surface area contributed by atoms with E-state index in [2.05, 4.69) is 0 Å². The molecule has 0 aliphatic heterocycles. The van der Waals surface area contributed by atoms with Gasteiger partial charge in [0.1, 0.15) is 0 Å². The topological polar surface area (TPSA) is 149 Å². The van der Waals surface area contributed by atoms with E-state index in [1.54, 1.807) is 0 Å². The molecule has 0 aromatic carbocycles. The average Bonchev–Trinajstić information content (AvgIpc) is 2.39. The second-order valence-corrected chi connectivity index (χ2v) is 4.57. The summed E-state index contributed by atoms with van der Waals surface area (Å²) in [4.78, 5) is 38.4. The molecule has 0 aromatic heterocycles. The van der Waals surface area contributed by atoms with E-state index in [0.717, 1.165) is 25.7 Å². The molecule has 0 aliphatic rings. The maximum absolute atomic E-state index is 9.60. The number of hydrogen-bond donors (Lipinski definition) is 4. The third-order valence-corrected chi connectivity index (χ3v) is 1.86. The van der Waals surface area contributed by atoms with Crippen molar-refractivity contribution in [2.45, 2.75) is 79.1 Å². The molecule has 0 fully saturated rings. The molecule has 0 radical (unpaired) electrons. The molecule has 0 rings (SSSR count). The van der Waals surface area contributed by atoms with Crippen LogP contribution in [0.25, 0.3) is 0 Å². The summed E-state index contributed by atoms with van der Waals surface area (Å²) in [5.41, 5.74) is 0. The summed E-state index contributed by atoms with van der Waals surface area (Å²) in [6.07, 6.45) is 4.09. The first kappa shape index (κ1) is 40.0. The van der Waals surface area contributed by atoms with E-state index < -0.39 is 23.9 Å². The summed E-state index contributed by atoms with van der Waals surface area (Å²) in [5, 5.41) is 31.7. The van der Waals surface area contributed by atoms with E-state index in [-0.39, 0.29) is 39.0 Å². The Labute approximate surface area is 181 Å². The predicted molar refractivity (Wildman–Crippen MR) is 90.2 cm³/mol. The van der Waals surface area contributed by atoms with Crippen LogP contribution in [-0.2, 0) is 58.1 Å². The zero-order valence-corrected chi connectivity index (χ0v) is 19.3. The molecule has 0 atom stereocenters. The number of hydrogen-bond acceptors (Lipinski definition) is 4. The van der Waals surface area contributed by atoms with Gasteiger partial charge in [-0.05, 0) is 25.7 Å². The minimum Gasteiger partial charge on any atom is -0.481 e. The van der Waals surface area contributed by atoms with Gasteiger partial charge in [-0.2, -0.15) is 0 Å². The van der Waals surface area contributed by atoms with Gasteiger partial charge in [-0.15, -0.1) is 0 Å². The van der Waals surface area contributed by atoms with E-state index in [4.69, 9.17) is 20.4 Å². The fourth-order valence-electron chi connectivity index (χ4n) is 0.855. The second kappa shape index (κ2) is 35.3. The number of carboxylic acid groups (broad SMARTS) is 4. The SMILES string of the molecule is CCCC(=O)O.CCCC(=O)O.CCCC(=O)O.CCCC(=O)O.[Ru].[Ru]. The zero-order chi connectivity index (χ0) is 20.0. The van der Waals surface area contributed by atoms with Crippen molar-refractivity contribution in [3.05, 3.63) is 0 Å². The van der Waals surface area contributed by atoms with Gasteiger partial charge in [0, 0.05) is 64.6 Å². The third-order valence-electron chi connectivity index (χ3n) is 1.86. The van der Waals surface area contributed by atoms with Crippen molar-refractivity contribution in [3.63, 3.8) is 0 Å². The van der Waals surface area contributed by atoms with Gasteiger partial charge in [-0.25, -0.2) is 0 Å². The number of carbonyl (C=O) groups is 4. The van der Waals surface area contributed by atoms with Gasteiger partial charge in [-0.1, -0.05) is 27.7 Å². The normalized spacial score (nSPS) is 7.54. The maximum atomic E-state index is 9.60. The number of rotatable bonds is 8. The molecule has 0 spiro atoms. The summed E-state index contributed by atoms with van der Waals surface area (Å²) in [7, 11) is 0. The standard InChI is InChI=1S/4C4H8O2.2Ru/c4*1-2-3-4(5)6;;/h4*2-3H2,1H3,(H,5,6);;. The third kappa shape index (κ3) is 91.5. The summed E-state index contributed by atoms with van der Waals surface area (Å²) < 4.78 is 0. The number of carboxylic acids is 4. The summed E-state index contributed by atoms with van der Waals surface area (Å²) in [6.45, 7) is 7.37. The minimum atomic E-state index is -0.711. The van der Waals surface area contributed by atoms with Gasteiger partial charge in [0.05, 0.1) is 0 Å². The Morgan fingerprint density at radius 1 is 0.462 bits per heavy atom. The zero-order valence-electron chi connectivity index (χ0n) is 15.8. The Morgan fingerprint density at radius 2 is 0.577 bits per heavy atom. The molecular formula is C16H32O8Ru2. The van der Waals surface area contributed by atoms with E-state index in [9.17, 15) is 19.2 Å². The van der Waals surface area contributed by atoms with Gasteiger partial charge >= 0.3 is 23.9 Å².